The quantitative estimate of drug-likeness (QED) is 0.752. The lowest BCUT2D eigenvalue weighted by Gasteiger charge is -2.16. The summed E-state index contributed by atoms with van der Waals surface area (Å²) in [5.41, 5.74) is 4.26. The maximum atomic E-state index is 13.1. The molecule has 3 nitrogen and oxygen atoms in total. The van der Waals surface area contributed by atoms with Gasteiger partial charge < -0.3 is 9.47 Å². The van der Waals surface area contributed by atoms with Gasteiger partial charge in [0.15, 0.2) is 5.78 Å². The molecule has 0 unspecified atom stereocenters. The lowest BCUT2D eigenvalue weighted by molar-refractivity contribution is 0.103. The molecule has 122 valence electrons. The minimum absolute atomic E-state index is 0.0207. The second-order valence-corrected chi connectivity index (χ2v) is 6.10. The molecule has 3 heteroatoms. The molecule has 0 aromatic heterocycles. The predicted octanol–water partition coefficient (Wildman–Crippen LogP) is 4.68. The zero-order valence-corrected chi connectivity index (χ0v) is 14.7. The van der Waals surface area contributed by atoms with E-state index < -0.39 is 0 Å². The van der Waals surface area contributed by atoms with E-state index in [0.717, 1.165) is 22.4 Å². The van der Waals surface area contributed by atoms with Crippen molar-refractivity contribution < 1.29 is 14.3 Å². The van der Waals surface area contributed by atoms with Crippen LogP contribution in [-0.2, 0) is 0 Å². The van der Waals surface area contributed by atoms with Crippen molar-refractivity contribution in [2.75, 3.05) is 14.2 Å². The van der Waals surface area contributed by atoms with Gasteiger partial charge in [-0.05, 0) is 55.2 Å². The fraction of sp³-hybridized carbons (Fsp3) is 0.350. The molecule has 0 saturated carbocycles. The second-order valence-electron chi connectivity index (χ2n) is 6.10. The smallest absolute Gasteiger partial charge is 0.197 e. The molecule has 0 spiro atoms. The maximum Gasteiger partial charge on any atom is 0.197 e. The highest BCUT2D eigenvalue weighted by Gasteiger charge is 2.20. The Morgan fingerprint density at radius 3 is 2.13 bits per heavy atom. The Morgan fingerprint density at radius 2 is 1.57 bits per heavy atom. The Balaban J connectivity index is 2.60. The molecule has 0 fully saturated rings. The van der Waals surface area contributed by atoms with Crippen molar-refractivity contribution in [1.29, 1.82) is 0 Å². The van der Waals surface area contributed by atoms with Crippen molar-refractivity contribution in [2.24, 2.45) is 0 Å². The van der Waals surface area contributed by atoms with E-state index in [1.807, 2.05) is 44.2 Å². The largest absolute Gasteiger partial charge is 0.496 e. The summed E-state index contributed by atoms with van der Waals surface area (Å²) in [6, 6.07) is 9.54. The molecule has 0 bridgehead atoms. The molecular weight excluding hydrogens is 288 g/mol. The molecule has 2 aromatic carbocycles. The van der Waals surface area contributed by atoms with Crippen LogP contribution in [0.25, 0.3) is 0 Å². The van der Waals surface area contributed by atoms with Gasteiger partial charge in [-0.3, -0.25) is 4.79 Å². The van der Waals surface area contributed by atoms with Crippen LogP contribution in [0.1, 0.15) is 52.4 Å². The highest BCUT2D eigenvalue weighted by molar-refractivity contribution is 6.11. The van der Waals surface area contributed by atoms with Crippen LogP contribution in [0.2, 0.25) is 0 Å². The molecule has 0 heterocycles. The summed E-state index contributed by atoms with van der Waals surface area (Å²) in [4.78, 5) is 13.1. The lowest BCUT2D eigenvalue weighted by Crippen LogP contribution is -2.08. The Morgan fingerprint density at radius 1 is 0.913 bits per heavy atom. The van der Waals surface area contributed by atoms with Crippen LogP contribution in [-0.4, -0.2) is 20.0 Å². The fourth-order valence-corrected chi connectivity index (χ4v) is 2.72. The van der Waals surface area contributed by atoms with Gasteiger partial charge in [-0.15, -0.1) is 0 Å². The Labute approximate surface area is 138 Å². The average molecular weight is 312 g/mol. The number of hydrogen-bond acceptors (Lipinski definition) is 3. The van der Waals surface area contributed by atoms with Crippen molar-refractivity contribution in [2.45, 2.75) is 33.6 Å². The molecule has 0 aliphatic carbocycles. The molecule has 23 heavy (non-hydrogen) atoms. The number of benzene rings is 2. The fourth-order valence-electron chi connectivity index (χ4n) is 2.72. The predicted molar refractivity (Wildman–Crippen MR) is 93.0 cm³/mol. The highest BCUT2D eigenvalue weighted by atomic mass is 16.5. The second kappa shape index (κ2) is 6.86. The van der Waals surface area contributed by atoms with Crippen LogP contribution in [0.3, 0.4) is 0 Å². The van der Waals surface area contributed by atoms with Gasteiger partial charge in [0.05, 0.1) is 19.8 Å². The molecule has 0 aliphatic heterocycles. The van der Waals surface area contributed by atoms with Crippen molar-refractivity contribution in [3.05, 3.63) is 58.1 Å². The summed E-state index contributed by atoms with van der Waals surface area (Å²) in [5, 5.41) is 0. The first-order valence-corrected chi connectivity index (χ1v) is 7.76. The molecule has 0 amide bonds. The van der Waals surface area contributed by atoms with Crippen LogP contribution >= 0.6 is 0 Å². The number of carbonyl (C=O) groups excluding carboxylic acids is 1. The summed E-state index contributed by atoms with van der Waals surface area (Å²) in [7, 11) is 3.24. The van der Waals surface area contributed by atoms with E-state index in [0.29, 0.717) is 16.9 Å². The number of aryl methyl sites for hydroxylation is 2. The summed E-state index contributed by atoms with van der Waals surface area (Å²) in [6.45, 7) is 8.09. The van der Waals surface area contributed by atoms with Gasteiger partial charge in [-0.1, -0.05) is 25.5 Å². The van der Waals surface area contributed by atoms with Gasteiger partial charge in [0, 0.05) is 5.56 Å². The zero-order valence-electron chi connectivity index (χ0n) is 14.7. The van der Waals surface area contributed by atoms with Crippen molar-refractivity contribution in [3.63, 3.8) is 0 Å². The third kappa shape index (κ3) is 3.39. The van der Waals surface area contributed by atoms with Crippen LogP contribution in [0, 0.1) is 13.8 Å². The average Bonchev–Trinajstić information content (AvgIpc) is 2.53. The van der Waals surface area contributed by atoms with Crippen molar-refractivity contribution in [3.8, 4) is 11.5 Å². The topological polar surface area (TPSA) is 35.5 Å². The highest BCUT2D eigenvalue weighted by Crippen LogP contribution is 2.32. The van der Waals surface area contributed by atoms with E-state index in [4.69, 9.17) is 9.47 Å². The minimum Gasteiger partial charge on any atom is -0.496 e. The van der Waals surface area contributed by atoms with Crippen molar-refractivity contribution >= 4 is 5.78 Å². The summed E-state index contributed by atoms with van der Waals surface area (Å²) < 4.78 is 10.8. The monoisotopic (exact) mass is 312 g/mol. The molecule has 0 N–H and O–H groups in total. The molecular formula is C20H24O3. The van der Waals surface area contributed by atoms with Crippen LogP contribution < -0.4 is 9.47 Å². The third-order valence-corrected chi connectivity index (χ3v) is 4.04. The van der Waals surface area contributed by atoms with E-state index >= 15 is 0 Å². The standard InChI is InChI=1S/C20H24O3/c1-12(2)15-11-16(14(4)10-19(15)23-6)20(21)17-9-13(3)7-8-18(17)22-5/h7-12H,1-6H3. The number of hydrogen-bond donors (Lipinski definition) is 0. The molecule has 0 saturated heterocycles. The van der Waals surface area contributed by atoms with Gasteiger partial charge in [-0.2, -0.15) is 0 Å². The van der Waals surface area contributed by atoms with Crippen LogP contribution in [0.15, 0.2) is 30.3 Å². The number of ether oxygens (including phenoxy) is 2. The molecule has 0 aliphatic rings. The van der Waals surface area contributed by atoms with E-state index in [2.05, 4.69) is 13.8 Å². The van der Waals surface area contributed by atoms with Gasteiger partial charge in [0.1, 0.15) is 11.5 Å². The van der Waals surface area contributed by atoms with Gasteiger partial charge in [0.2, 0.25) is 0 Å². The Hall–Kier alpha value is -2.29. The zero-order chi connectivity index (χ0) is 17.1. The van der Waals surface area contributed by atoms with E-state index in [9.17, 15) is 4.79 Å². The number of carbonyl (C=O) groups is 1. The van der Waals surface area contributed by atoms with E-state index in [1.54, 1.807) is 14.2 Å². The first-order chi connectivity index (χ1) is 10.9. The normalized spacial score (nSPS) is 10.7. The summed E-state index contributed by atoms with van der Waals surface area (Å²) >= 11 is 0. The first-order valence-electron chi connectivity index (χ1n) is 7.76. The minimum atomic E-state index is -0.0207. The SMILES string of the molecule is COc1ccc(C)cc1C(=O)c1cc(C(C)C)c(OC)cc1C. The summed E-state index contributed by atoms with van der Waals surface area (Å²) in [5.74, 6) is 1.68. The van der Waals surface area contributed by atoms with E-state index in [-0.39, 0.29) is 11.7 Å². The lowest BCUT2D eigenvalue weighted by atomic mass is 9.91. The third-order valence-electron chi connectivity index (χ3n) is 4.04. The van der Waals surface area contributed by atoms with E-state index in [1.165, 1.54) is 0 Å². The van der Waals surface area contributed by atoms with Crippen molar-refractivity contribution in [1.82, 2.24) is 0 Å². The van der Waals surface area contributed by atoms with Crippen LogP contribution in [0.5, 0.6) is 11.5 Å². The molecule has 0 atom stereocenters. The number of rotatable bonds is 5. The number of ketones is 1. The van der Waals surface area contributed by atoms with Crippen LogP contribution in [0.4, 0.5) is 0 Å². The Kier molecular flexibility index (Phi) is 5.09. The number of methoxy groups -OCH3 is 2. The summed E-state index contributed by atoms with van der Waals surface area (Å²) in [6.07, 6.45) is 0. The molecule has 0 radical (unpaired) electrons. The van der Waals surface area contributed by atoms with Gasteiger partial charge in [0.25, 0.3) is 0 Å². The first kappa shape index (κ1) is 17.1. The molecule has 2 rings (SSSR count). The van der Waals surface area contributed by atoms with Gasteiger partial charge >= 0.3 is 0 Å². The van der Waals surface area contributed by atoms with Gasteiger partial charge in [-0.25, -0.2) is 0 Å². The Bertz CT molecular complexity index is 730. The molecule has 2 aromatic rings. The maximum absolute atomic E-state index is 13.1.